The van der Waals surface area contributed by atoms with Crippen molar-refractivity contribution < 1.29 is 13.3 Å². The SMILES string of the molecule is Cc1ccn(-c2ccccc2CNc2ccc([N+](=O)[O-])cc2S(N)(=O)=O)n1. The molecule has 140 valence electrons. The highest BCUT2D eigenvalue weighted by atomic mass is 32.2. The van der Waals surface area contributed by atoms with E-state index in [-0.39, 0.29) is 22.8 Å². The summed E-state index contributed by atoms with van der Waals surface area (Å²) in [6, 6.07) is 12.9. The zero-order valence-electron chi connectivity index (χ0n) is 14.4. The molecule has 0 aliphatic heterocycles. The number of nitrogens with two attached hydrogens (primary N) is 1. The lowest BCUT2D eigenvalue weighted by Crippen LogP contribution is -2.16. The summed E-state index contributed by atoms with van der Waals surface area (Å²) in [6.07, 6.45) is 1.83. The van der Waals surface area contributed by atoms with Gasteiger partial charge in [-0.3, -0.25) is 10.1 Å². The van der Waals surface area contributed by atoms with Gasteiger partial charge in [0.25, 0.3) is 5.69 Å². The van der Waals surface area contributed by atoms with E-state index in [0.717, 1.165) is 23.0 Å². The van der Waals surface area contributed by atoms with Crippen molar-refractivity contribution in [2.75, 3.05) is 5.32 Å². The lowest BCUT2D eigenvalue weighted by atomic mass is 10.1. The van der Waals surface area contributed by atoms with Crippen LogP contribution in [0, 0.1) is 17.0 Å². The standard InChI is InChI=1S/C17H17N5O4S/c1-12-8-9-21(20-12)16-5-3-2-4-13(16)11-19-15-7-6-14(22(23)24)10-17(15)27(18,25)26/h2-10,19H,11H2,1H3,(H2,18,25,26). The Morgan fingerprint density at radius 2 is 1.96 bits per heavy atom. The molecule has 3 rings (SSSR count). The Labute approximate surface area is 155 Å². The van der Waals surface area contributed by atoms with Gasteiger partial charge < -0.3 is 5.32 Å². The van der Waals surface area contributed by atoms with E-state index in [2.05, 4.69) is 10.4 Å². The van der Waals surface area contributed by atoms with Crippen molar-refractivity contribution in [3.8, 4) is 5.69 Å². The molecule has 10 heteroatoms. The molecular weight excluding hydrogens is 370 g/mol. The number of nitrogens with zero attached hydrogens (tertiary/aromatic N) is 3. The van der Waals surface area contributed by atoms with Crippen LogP contribution in [0.2, 0.25) is 0 Å². The maximum absolute atomic E-state index is 11.8. The molecule has 0 amide bonds. The van der Waals surface area contributed by atoms with Gasteiger partial charge in [-0.15, -0.1) is 0 Å². The quantitative estimate of drug-likeness (QED) is 0.493. The molecule has 0 bridgehead atoms. The van der Waals surface area contributed by atoms with Crippen molar-refractivity contribution in [2.45, 2.75) is 18.4 Å². The number of aryl methyl sites for hydroxylation is 1. The van der Waals surface area contributed by atoms with Crippen LogP contribution in [0.25, 0.3) is 5.69 Å². The van der Waals surface area contributed by atoms with E-state index in [1.165, 1.54) is 12.1 Å². The molecule has 0 spiro atoms. The highest BCUT2D eigenvalue weighted by Crippen LogP contribution is 2.26. The molecule has 0 atom stereocenters. The molecule has 0 radical (unpaired) electrons. The first-order chi connectivity index (χ1) is 12.8. The summed E-state index contributed by atoms with van der Waals surface area (Å²) < 4.78 is 25.4. The molecule has 27 heavy (non-hydrogen) atoms. The second-order valence-electron chi connectivity index (χ2n) is 5.87. The van der Waals surface area contributed by atoms with Crippen LogP contribution in [0.3, 0.4) is 0 Å². The summed E-state index contributed by atoms with van der Waals surface area (Å²) in [5.74, 6) is 0. The number of sulfonamides is 1. The van der Waals surface area contributed by atoms with Gasteiger partial charge in [-0.2, -0.15) is 5.10 Å². The molecule has 0 saturated carbocycles. The highest BCUT2D eigenvalue weighted by Gasteiger charge is 2.19. The number of hydrogen-bond acceptors (Lipinski definition) is 6. The largest absolute Gasteiger partial charge is 0.380 e. The summed E-state index contributed by atoms with van der Waals surface area (Å²) in [5.41, 5.74) is 2.40. The number of nitro benzene ring substituents is 1. The molecule has 1 aromatic heterocycles. The first-order valence-corrected chi connectivity index (χ1v) is 9.46. The van der Waals surface area contributed by atoms with E-state index in [1.54, 1.807) is 4.68 Å². The normalized spacial score (nSPS) is 11.3. The molecule has 3 N–H and O–H groups in total. The third-order valence-electron chi connectivity index (χ3n) is 3.91. The Kier molecular flexibility index (Phi) is 4.93. The van der Waals surface area contributed by atoms with Gasteiger partial charge >= 0.3 is 0 Å². The Morgan fingerprint density at radius 3 is 2.59 bits per heavy atom. The zero-order chi connectivity index (χ0) is 19.6. The molecule has 0 aliphatic carbocycles. The van der Waals surface area contributed by atoms with E-state index < -0.39 is 14.9 Å². The Morgan fingerprint density at radius 1 is 1.22 bits per heavy atom. The number of aromatic nitrogens is 2. The van der Waals surface area contributed by atoms with Crippen LogP contribution in [-0.2, 0) is 16.6 Å². The second kappa shape index (κ2) is 7.17. The van der Waals surface area contributed by atoms with Gasteiger partial charge in [0, 0.05) is 24.9 Å². The fraction of sp³-hybridized carbons (Fsp3) is 0.118. The van der Waals surface area contributed by atoms with Gasteiger partial charge in [0.05, 0.1) is 22.0 Å². The van der Waals surface area contributed by atoms with Gasteiger partial charge in [0.1, 0.15) is 4.90 Å². The van der Waals surface area contributed by atoms with Crippen LogP contribution in [0.5, 0.6) is 0 Å². The van der Waals surface area contributed by atoms with Crippen molar-refractivity contribution in [1.82, 2.24) is 9.78 Å². The maximum atomic E-state index is 11.8. The molecule has 0 saturated heterocycles. The van der Waals surface area contributed by atoms with Crippen molar-refractivity contribution in [2.24, 2.45) is 5.14 Å². The average molecular weight is 387 g/mol. The fourth-order valence-electron chi connectivity index (χ4n) is 2.63. The van der Waals surface area contributed by atoms with Gasteiger partial charge in [-0.25, -0.2) is 18.2 Å². The van der Waals surface area contributed by atoms with E-state index in [9.17, 15) is 18.5 Å². The van der Waals surface area contributed by atoms with Crippen molar-refractivity contribution in [3.63, 3.8) is 0 Å². The van der Waals surface area contributed by atoms with Gasteiger partial charge in [0.2, 0.25) is 10.0 Å². The number of primary sulfonamides is 1. The summed E-state index contributed by atoms with van der Waals surface area (Å²) >= 11 is 0. The Balaban J connectivity index is 1.93. The van der Waals surface area contributed by atoms with Crippen LogP contribution in [0.1, 0.15) is 11.3 Å². The van der Waals surface area contributed by atoms with Crippen LogP contribution >= 0.6 is 0 Å². The molecule has 9 nitrogen and oxygen atoms in total. The lowest BCUT2D eigenvalue weighted by Gasteiger charge is -2.13. The minimum atomic E-state index is -4.14. The van der Waals surface area contributed by atoms with Crippen LogP contribution in [-0.4, -0.2) is 23.1 Å². The third-order valence-corrected chi connectivity index (χ3v) is 4.86. The molecular formula is C17H17N5O4S. The predicted octanol–water partition coefficient (Wildman–Crippen LogP) is 2.35. The monoisotopic (exact) mass is 387 g/mol. The summed E-state index contributed by atoms with van der Waals surface area (Å²) in [5, 5.41) is 23.5. The molecule has 1 heterocycles. The number of non-ortho nitro benzene ring substituents is 1. The molecule has 0 unspecified atom stereocenters. The number of nitro groups is 1. The number of benzene rings is 2. The summed E-state index contributed by atoms with van der Waals surface area (Å²) in [6.45, 7) is 2.15. The van der Waals surface area contributed by atoms with Crippen molar-refractivity contribution in [3.05, 3.63) is 76.1 Å². The van der Waals surface area contributed by atoms with Gasteiger partial charge in [-0.05, 0) is 30.7 Å². The number of anilines is 1. The smallest absolute Gasteiger partial charge is 0.270 e. The number of rotatable bonds is 6. The highest BCUT2D eigenvalue weighted by molar-refractivity contribution is 7.89. The second-order valence-corrected chi connectivity index (χ2v) is 7.40. The molecule has 3 aromatic rings. The van der Waals surface area contributed by atoms with Gasteiger partial charge in [-0.1, -0.05) is 18.2 Å². The summed E-state index contributed by atoms with van der Waals surface area (Å²) in [7, 11) is -4.14. The average Bonchev–Trinajstić information content (AvgIpc) is 3.05. The molecule has 0 aliphatic rings. The van der Waals surface area contributed by atoms with Crippen LogP contribution < -0.4 is 10.5 Å². The van der Waals surface area contributed by atoms with E-state index in [1.807, 2.05) is 43.5 Å². The predicted molar refractivity (Wildman–Crippen MR) is 100 cm³/mol. The molecule has 0 fully saturated rings. The molecule has 2 aromatic carbocycles. The number of para-hydroxylation sites is 1. The Hall–Kier alpha value is -3.24. The minimum Gasteiger partial charge on any atom is -0.380 e. The number of nitrogens with one attached hydrogen (secondary N) is 1. The number of hydrogen-bond donors (Lipinski definition) is 2. The Bertz CT molecular complexity index is 1110. The minimum absolute atomic E-state index is 0.189. The first-order valence-electron chi connectivity index (χ1n) is 7.91. The zero-order valence-corrected chi connectivity index (χ0v) is 15.2. The van der Waals surface area contributed by atoms with Crippen LogP contribution in [0.4, 0.5) is 11.4 Å². The van der Waals surface area contributed by atoms with E-state index in [0.29, 0.717) is 0 Å². The van der Waals surface area contributed by atoms with Gasteiger partial charge in [0.15, 0.2) is 0 Å². The maximum Gasteiger partial charge on any atom is 0.270 e. The van der Waals surface area contributed by atoms with Crippen molar-refractivity contribution in [1.29, 1.82) is 0 Å². The summed E-state index contributed by atoms with van der Waals surface area (Å²) in [4.78, 5) is 9.91. The van der Waals surface area contributed by atoms with Crippen LogP contribution in [0.15, 0.2) is 59.6 Å². The lowest BCUT2D eigenvalue weighted by molar-refractivity contribution is -0.385. The van der Waals surface area contributed by atoms with E-state index in [4.69, 9.17) is 5.14 Å². The van der Waals surface area contributed by atoms with E-state index >= 15 is 0 Å². The van der Waals surface area contributed by atoms with Crippen molar-refractivity contribution >= 4 is 21.4 Å². The fourth-order valence-corrected chi connectivity index (χ4v) is 3.36. The third kappa shape index (κ3) is 4.13. The topological polar surface area (TPSA) is 133 Å². The first kappa shape index (κ1) is 18.5.